The van der Waals surface area contributed by atoms with Crippen molar-refractivity contribution in [1.82, 2.24) is 4.90 Å². The van der Waals surface area contributed by atoms with E-state index >= 15 is 0 Å². The van der Waals surface area contributed by atoms with Crippen LogP contribution < -0.4 is 4.74 Å². The average Bonchev–Trinajstić information content (AvgIpc) is 2.44. The van der Waals surface area contributed by atoms with Crippen LogP contribution in [0.15, 0.2) is 24.3 Å². The molecular formula is C16H22N2O. The minimum Gasteiger partial charge on any atom is -0.492 e. The maximum absolute atomic E-state index is 8.73. The van der Waals surface area contributed by atoms with E-state index in [1.54, 1.807) is 12.1 Å². The highest BCUT2D eigenvalue weighted by Gasteiger charge is 2.23. The molecule has 2 unspecified atom stereocenters. The van der Waals surface area contributed by atoms with Crippen LogP contribution in [0.25, 0.3) is 0 Å². The first-order valence-electron chi connectivity index (χ1n) is 7.07. The van der Waals surface area contributed by atoms with Crippen LogP contribution in [0.5, 0.6) is 5.75 Å². The maximum atomic E-state index is 8.73. The number of piperidine rings is 1. The Balaban J connectivity index is 1.78. The van der Waals surface area contributed by atoms with Gasteiger partial charge < -0.3 is 4.74 Å². The fraction of sp³-hybridized carbons (Fsp3) is 0.562. The fourth-order valence-corrected chi connectivity index (χ4v) is 2.64. The van der Waals surface area contributed by atoms with Gasteiger partial charge in [0.1, 0.15) is 12.4 Å². The molecule has 0 spiro atoms. The van der Waals surface area contributed by atoms with E-state index in [2.05, 4.69) is 24.8 Å². The zero-order valence-corrected chi connectivity index (χ0v) is 11.8. The lowest BCUT2D eigenvalue weighted by molar-refractivity contribution is 0.0958. The quantitative estimate of drug-likeness (QED) is 0.832. The maximum Gasteiger partial charge on any atom is 0.119 e. The number of benzene rings is 1. The highest BCUT2D eigenvalue weighted by atomic mass is 16.5. The van der Waals surface area contributed by atoms with E-state index in [0.717, 1.165) is 18.2 Å². The first kappa shape index (κ1) is 13.9. The Kier molecular flexibility index (Phi) is 4.81. The average molecular weight is 258 g/mol. The summed E-state index contributed by atoms with van der Waals surface area (Å²) >= 11 is 0. The molecule has 102 valence electrons. The molecule has 1 aliphatic heterocycles. The van der Waals surface area contributed by atoms with E-state index in [9.17, 15) is 0 Å². The predicted molar refractivity (Wildman–Crippen MR) is 76.1 cm³/mol. The normalized spacial score (nSPS) is 23.8. The second-order valence-electron chi connectivity index (χ2n) is 5.38. The molecule has 3 nitrogen and oxygen atoms in total. The van der Waals surface area contributed by atoms with Crippen molar-refractivity contribution in [2.45, 2.75) is 32.7 Å². The molecule has 1 fully saturated rings. The highest BCUT2D eigenvalue weighted by molar-refractivity contribution is 5.34. The fourth-order valence-electron chi connectivity index (χ4n) is 2.64. The summed E-state index contributed by atoms with van der Waals surface area (Å²) in [4.78, 5) is 2.51. The zero-order chi connectivity index (χ0) is 13.7. The Morgan fingerprint density at radius 3 is 2.74 bits per heavy atom. The standard InChI is InChI=1S/C16H22N2O/c1-13-4-3-9-18(14(13)2)10-11-19-16-7-5-15(12-17)6-8-16/h5-8,13-14H,3-4,9-11H2,1-2H3. The monoisotopic (exact) mass is 258 g/mol. The van der Waals surface area contributed by atoms with Crippen LogP contribution in [-0.4, -0.2) is 30.6 Å². The summed E-state index contributed by atoms with van der Waals surface area (Å²) in [5.74, 6) is 1.63. The second kappa shape index (κ2) is 6.58. The lowest BCUT2D eigenvalue weighted by Crippen LogP contribution is -2.44. The number of likely N-dealkylation sites (tertiary alicyclic amines) is 1. The molecule has 0 saturated carbocycles. The van der Waals surface area contributed by atoms with E-state index in [1.165, 1.54) is 19.4 Å². The molecular weight excluding hydrogens is 236 g/mol. The lowest BCUT2D eigenvalue weighted by atomic mass is 9.92. The van der Waals surface area contributed by atoms with Crippen molar-refractivity contribution in [2.24, 2.45) is 5.92 Å². The molecule has 2 rings (SSSR count). The lowest BCUT2D eigenvalue weighted by Gasteiger charge is -2.37. The van der Waals surface area contributed by atoms with Gasteiger partial charge in [-0.15, -0.1) is 0 Å². The SMILES string of the molecule is CC1CCCN(CCOc2ccc(C#N)cc2)C1C. The summed E-state index contributed by atoms with van der Waals surface area (Å²) in [5.41, 5.74) is 0.672. The largest absolute Gasteiger partial charge is 0.492 e. The molecule has 1 heterocycles. The van der Waals surface area contributed by atoms with E-state index in [0.29, 0.717) is 18.2 Å². The van der Waals surface area contributed by atoms with Gasteiger partial charge in [-0.2, -0.15) is 5.26 Å². The van der Waals surface area contributed by atoms with Crippen LogP contribution in [-0.2, 0) is 0 Å². The van der Waals surface area contributed by atoms with Gasteiger partial charge >= 0.3 is 0 Å². The van der Waals surface area contributed by atoms with Crippen LogP contribution in [0.4, 0.5) is 0 Å². The molecule has 1 saturated heterocycles. The minimum absolute atomic E-state index is 0.651. The molecule has 3 heteroatoms. The Bertz CT molecular complexity index is 435. The van der Waals surface area contributed by atoms with E-state index in [4.69, 9.17) is 10.00 Å². The van der Waals surface area contributed by atoms with Crippen LogP contribution >= 0.6 is 0 Å². The first-order valence-corrected chi connectivity index (χ1v) is 7.07. The Morgan fingerprint density at radius 1 is 1.32 bits per heavy atom. The van der Waals surface area contributed by atoms with Gasteiger partial charge in [0.15, 0.2) is 0 Å². The molecule has 19 heavy (non-hydrogen) atoms. The number of nitriles is 1. The number of hydrogen-bond donors (Lipinski definition) is 0. The Labute approximate surface area is 115 Å². The summed E-state index contributed by atoms with van der Waals surface area (Å²) in [6, 6.07) is 10.1. The summed E-state index contributed by atoms with van der Waals surface area (Å²) < 4.78 is 5.74. The smallest absolute Gasteiger partial charge is 0.119 e. The Morgan fingerprint density at radius 2 is 2.05 bits per heavy atom. The number of nitrogens with zero attached hydrogens (tertiary/aromatic N) is 2. The highest BCUT2D eigenvalue weighted by Crippen LogP contribution is 2.22. The first-order chi connectivity index (χ1) is 9.20. The summed E-state index contributed by atoms with van der Waals surface area (Å²) in [7, 11) is 0. The van der Waals surface area contributed by atoms with Crippen molar-refractivity contribution in [2.75, 3.05) is 19.7 Å². The molecule has 0 bridgehead atoms. The molecule has 1 aromatic carbocycles. The third kappa shape index (κ3) is 3.71. The van der Waals surface area contributed by atoms with Gasteiger partial charge in [-0.25, -0.2) is 0 Å². The van der Waals surface area contributed by atoms with Crippen LogP contribution in [0.3, 0.4) is 0 Å². The number of ether oxygens (including phenoxy) is 1. The summed E-state index contributed by atoms with van der Waals surface area (Å²) in [6.45, 7) is 7.51. The van der Waals surface area contributed by atoms with Crippen LogP contribution in [0, 0.1) is 17.2 Å². The van der Waals surface area contributed by atoms with Crippen molar-refractivity contribution < 1.29 is 4.74 Å². The van der Waals surface area contributed by atoms with E-state index < -0.39 is 0 Å². The molecule has 0 radical (unpaired) electrons. The van der Waals surface area contributed by atoms with Gasteiger partial charge in [0, 0.05) is 12.6 Å². The molecule has 0 amide bonds. The van der Waals surface area contributed by atoms with Gasteiger partial charge in [-0.05, 0) is 56.5 Å². The van der Waals surface area contributed by atoms with Gasteiger partial charge in [0.2, 0.25) is 0 Å². The number of hydrogen-bond acceptors (Lipinski definition) is 3. The summed E-state index contributed by atoms with van der Waals surface area (Å²) in [5, 5.41) is 8.73. The van der Waals surface area contributed by atoms with Gasteiger partial charge in [0.25, 0.3) is 0 Å². The van der Waals surface area contributed by atoms with Crippen molar-refractivity contribution in [3.05, 3.63) is 29.8 Å². The van der Waals surface area contributed by atoms with Crippen LogP contribution in [0.1, 0.15) is 32.3 Å². The third-order valence-corrected chi connectivity index (χ3v) is 4.13. The molecule has 0 N–H and O–H groups in total. The van der Waals surface area contributed by atoms with Gasteiger partial charge in [0.05, 0.1) is 11.6 Å². The van der Waals surface area contributed by atoms with Crippen molar-refractivity contribution in [3.63, 3.8) is 0 Å². The van der Waals surface area contributed by atoms with Crippen LogP contribution in [0.2, 0.25) is 0 Å². The molecule has 1 aromatic rings. The Hall–Kier alpha value is -1.53. The molecule has 0 aliphatic carbocycles. The minimum atomic E-state index is 0.651. The zero-order valence-electron chi connectivity index (χ0n) is 11.8. The summed E-state index contributed by atoms with van der Waals surface area (Å²) in [6.07, 6.45) is 2.64. The number of rotatable bonds is 4. The molecule has 0 aromatic heterocycles. The molecule has 1 aliphatic rings. The van der Waals surface area contributed by atoms with Gasteiger partial charge in [-0.1, -0.05) is 6.92 Å². The molecule has 2 atom stereocenters. The van der Waals surface area contributed by atoms with Crippen molar-refractivity contribution in [1.29, 1.82) is 5.26 Å². The second-order valence-corrected chi connectivity index (χ2v) is 5.38. The van der Waals surface area contributed by atoms with E-state index in [-0.39, 0.29) is 0 Å². The predicted octanol–water partition coefficient (Wildman–Crippen LogP) is 3.06. The van der Waals surface area contributed by atoms with Gasteiger partial charge in [-0.3, -0.25) is 4.90 Å². The third-order valence-electron chi connectivity index (χ3n) is 4.13. The van der Waals surface area contributed by atoms with Crippen molar-refractivity contribution in [3.8, 4) is 11.8 Å². The van der Waals surface area contributed by atoms with E-state index in [1.807, 2.05) is 12.1 Å². The van der Waals surface area contributed by atoms with Crippen molar-refractivity contribution >= 4 is 0 Å². The topological polar surface area (TPSA) is 36.3 Å².